The van der Waals surface area contributed by atoms with Crippen LogP contribution in [0.25, 0.3) is 0 Å². The summed E-state index contributed by atoms with van der Waals surface area (Å²) in [6.45, 7) is 0.410. The standard InChI is InChI=1S/C17H18O3/c1-19-17-9-5-6-14(13-17)12-15(18)10-11-20-16-7-3-2-4-8-16/h2-9,13H,10-12H2,1H3. The molecule has 3 heteroatoms. The SMILES string of the molecule is COc1cccc(CC(=O)CCOc2ccccc2)c1. The maximum Gasteiger partial charge on any atom is 0.140 e. The van der Waals surface area contributed by atoms with E-state index >= 15 is 0 Å². The first-order chi connectivity index (χ1) is 9.78. The third kappa shape index (κ3) is 4.43. The Kier molecular flexibility index (Phi) is 5.18. The van der Waals surface area contributed by atoms with Crippen LogP contribution < -0.4 is 9.47 Å². The highest BCUT2D eigenvalue weighted by Gasteiger charge is 2.05. The van der Waals surface area contributed by atoms with Crippen molar-refractivity contribution in [3.8, 4) is 11.5 Å². The van der Waals surface area contributed by atoms with Crippen molar-refractivity contribution in [2.75, 3.05) is 13.7 Å². The van der Waals surface area contributed by atoms with Crippen molar-refractivity contribution < 1.29 is 14.3 Å². The highest BCUT2D eigenvalue weighted by molar-refractivity contribution is 5.81. The minimum atomic E-state index is 0.161. The Morgan fingerprint density at radius 3 is 2.50 bits per heavy atom. The Bertz CT molecular complexity index is 549. The number of ether oxygens (including phenoxy) is 2. The zero-order valence-corrected chi connectivity index (χ0v) is 11.5. The smallest absolute Gasteiger partial charge is 0.140 e. The van der Waals surface area contributed by atoms with E-state index in [2.05, 4.69) is 0 Å². The Morgan fingerprint density at radius 2 is 1.75 bits per heavy atom. The molecule has 0 radical (unpaired) electrons. The highest BCUT2D eigenvalue weighted by Crippen LogP contribution is 2.14. The topological polar surface area (TPSA) is 35.5 Å². The summed E-state index contributed by atoms with van der Waals surface area (Å²) < 4.78 is 10.7. The van der Waals surface area contributed by atoms with Gasteiger partial charge in [0, 0.05) is 12.8 Å². The fourth-order valence-corrected chi connectivity index (χ4v) is 1.90. The summed E-state index contributed by atoms with van der Waals surface area (Å²) in [7, 11) is 1.62. The molecule has 0 bridgehead atoms. The van der Waals surface area contributed by atoms with Crippen molar-refractivity contribution in [1.82, 2.24) is 0 Å². The van der Waals surface area contributed by atoms with Crippen LogP contribution in [0, 0.1) is 0 Å². The number of Topliss-reactive ketones (excluding diaryl/α,β-unsaturated/α-hetero) is 1. The number of ketones is 1. The van der Waals surface area contributed by atoms with Gasteiger partial charge in [-0.2, -0.15) is 0 Å². The fraction of sp³-hybridized carbons (Fsp3) is 0.235. The molecule has 0 aromatic heterocycles. The molecule has 0 amide bonds. The van der Waals surface area contributed by atoms with Gasteiger partial charge in [0.1, 0.15) is 17.3 Å². The van der Waals surface area contributed by atoms with Gasteiger partial charge in [0.15, 0.2) is 0 Å². The molecule has 2 aromatic rings. The number of hydrogen-bond donors (Lipinski definition) is 0. The van der Waals surface area contributed by atoms with Crippen LogP contribution in [0.3, 0.4) is 0 Å². The third-order valence-electron chi connectivity index (χ3n) is 2.93. The minimum absolute atomic E-state index is 0.161. The second-order valence-corrected chi connectivity index (χ2v) is 4.48. The molecule has 0 saturated heterocycles. The van der Waals surface area contributed by atoms with Gasteiger partial charge in [-0.05, 0) is 29.8 Å². The molecule has 0 unspecified atom stereocenters. The second-order valence-electron chi connectivity index (χ2n) is 4.48. The van der Waals surface area contributed by atoms with E-state index in [1.807, 2.05) is 54.6 Å². The minimum Gasteiger partial charge on any atom is -0.497 e. The number of benzene rings is 2. The van der Waals surface area contributed by atoms with E-state index in [1.54, 1.807) is 7.11 Å². The van der Waals surface area contributed by atoms with Crippen molar-refractivity contribution in [2.24, 2.45) is 0 Å². The van der Waals surface area contributed by atoms with Crippen LogP contribution in [0.1, 0.15) is 12.0 Å². The van der Waals surface area contributed by atoms with Gasteiger partial charge in [-0.3, -0.25) is 4.79 Å². The number of carbonyl (C=O) groups is 1. The van der Waals surface area contributed by atoms with E-state index in [-0.39, 0.29) is 5.78 Å². The summed E-state index contributed by atoms with van der Waals surface area (Å²) in [6.07, 6.45) is 0.821. The summed E-state index contributed by atoms with van der Waals surface area (Å²) in [5.74, 6) is 1.73. The van der Waals surface area contributed by atoms with E-state index < -0.39 is 0 Å². The Morgan fingerprint density at radius 1 is 1.00 bits per heavy atom. The molecular weight excluding hydrogens is 252 g/mol. The maximum absolute atomic E-state index is 11.9. The number of hydrogen-bond acceptors (Lipinski definition) is 3. The van der Waals surface area contributed by atoms with Gasteiger partial charge in [0.2, 0.25) is 0 Å². The lowest BCUT2D eigenvalue weighted by molar-refractivity contribution is -0.118. The molecule has 0 aliphatic carbocycles. The first kappa shape index (κ1) is 14.1. The molecule has 0 aliphatic heterocycles. The molecule has 0 saturated carbocycles. The summed E-state index contributed by atoms with van der Waals surface area (Å²) in [5, 5.41) is 0. The predicted octanol–water partition coefficient (Wildman–Crippen LogP) is 3.28. The zero-order chi connectivity index (χ0) is 14.2. The molecule has 104 valence electrons. The molecule has 0 atom stereocenters. The van der Waals surface area contributed by atoms with Crippen LogP contribution in [-0.4, -0.2) is 19.5 Å². The number of methoxy groups -OCH3 is 1. The Balaban J connectivity index is 1.77. The largest absolute Gasteiger partial charge is 0.497 e. The lowest BCUT2D eigenvalue weighted by Gasteiger charge is -2.06. The Labute approximate surface area is 119 Å². The third-order valence-corrected chi connectivity index (χ3v) is 2.93. The molecule has 0 aliphatic rings. The van der Waals surface area contributed by atoms with Crippen LogP contribution in [0.4, 0.5) is 0 Å². The molecular formula is C17H18O3. The molecule has 2 rings (SSSR count). The molecule has 0 spiro atoms. The molecule has 0 fully saturated rings. The van der Waals surface area contributed by atoms with E-state index in [0.29, 0.717) is 19.4 Å². The lowest BCUT2D eigenvalue weighted by Crippen LogP contribution is -2.08. The van der Waals surface area contributed by atoms with Crippen LogP contribution in [0.2, 0.25) is 0 Å². The van der Waals surface area contributed by atoms with Crippen LogP contribution in [0.15, 0.2) is 54.6 Å². The van der Waals surface area contributed by atoms with Gasteiger partial charge in [0.05, 0.1) is 13.7 Å². The van der Waals surface area contributed by atoms with Gasteiger partial charge in [-0.25, -0.2) is 0 Å². The highest BCUT2D eigenvalue weighted by atomic mass is 16.5. The van der Waals surface area contributed by atoms with Gasteiger partial charge >= 0.3 is 0 Å². The number of para-hydroxylation sites is 1. The Hall–Kier alpha value is -2.29. The van der Waals surface area contributed by atoms with Crippen LogP contribution in [-0.2, 0) is 11.2 Å². The fourth-order valence-electron chi connectivity index (χ4n) is 1.90. The first-order valence-corrected chi connectivity index (χ1v) is 6.60. The lowest BCUT2D eigenvalue weighted by atomic mass is 10.1. The average molecular weight is 270 g/mol. The van der Waals surface area contributed by atoms with Crippen molar-refractivity contribution in [2.45, 2.75) is 12.8 Å². The van der Waals surface area contributed by atoms with Crippen molar-refractivity contribution >= 4 is 5.78 Å². The molecule has 20 heavy (non-hydrogen) atoms. The average Bonchev–Trinajstić information content (AvgIpc) is 2.48. The quantitative estimate of drug-likeness (QED) is 0.774. The van der Waals surface area contributed by atoms with Crippen LogP contribution in [0.5, 0.6) is 11.5 Å². The molecule has 2 aromatic carbocycles. The van der Waals surface area contributed by atoms with Crippen molar-refractivity contribution in [3.05, 3.63) is 60.2 Å². The number of rotatable bonds is 7. The van der Waals surface area contributed by atoms with Gasteiger partial charge < -0.3 is 9.47 Å². The van der Waals surface area contributed by atoms with Crippen molar-refractivity contribution in [3.63, 3.8) is 0 Å². The van der Waals surface area contributed by atoms with E-state index in [0.717, 1.165) is 17.1 Å². The van der Waals surface area contributed by atoms with Gasteiger partial charge in [-0.1, -0.05) is 30.3 Å². The second kappa shape index (κ2) is 7.34. The van der Waals surface area contributed by atoms with E-state index in [9.17, 15) is 4.79 Å². The van der Waals surface area contributed by atoms with Gasteiger partial charge in [-0.15, -0.1) is 0 Å². The summed E-state index contributed by atoms with van der Waals surface area (Å²) in [4.78, 5) is 11.9. The summed E-state index contributed by atoms with van der Waals surface area (Å²) in [6, 6.07) is 17.1. The molecule has 0 heterocycles. The summed E-state index contributed by atoms with van der Waals surface area (Å²) in [5.41, 5.74) is 0.967. The maximum atomic E-state index is 11.9. The monoisotopic (exact) mass is 270 g/mol. The number of carbonyl (C=O) groups excluding carboxylic acids is 1. The predicted molar refractivity (Wildman–Crippen MR) is 78.3 cm³/mol. The van der Waals surface area contributed by atoms with E-state index in [1.165, 1.54) is 0 Å². The van der Waals surface area contributed by atoms with Crippen LogP contribution >= 0.6 is 0 Å². The van der Waals surface area contributed by atoms with Gasteiger partial charge in [0.25, 0.3) is 0 Å². The zero-order valence-electron chi connectivity index (χ0n) is 11.5. The first-order valence-electron chi connectivity index (χ1n) is 6.60. The van der Waals surface area contributed by atoms with E-state index in [4.69, 9.17) is 9.47 Å². The van der Waals surface area contributed by atoms with Crippen molar-refractivity contribution in [1.29, 1.82) is 0 Å². The normalized spacial score (nSPS) is 10.1. The summed E-state index contributed by atoms with van der Waals surface area (Å²) >= 11 is 0. The molecule has 3 nitrogen and oxygen atoms in total. The molecule has 0 N–H and O–H groups in total.